The first-order valence-electron chi connectivity index (χ1n) is 5.38. The van der Waals surface area contributed by atoms with Crippen molar-refractivity contribution in [1.29, 1.82) is 5.26 Å². The van der Waals surface area contributed by atoms with Crippen LogP contribution in [0, 0.1) is 18.3 Å². The zero-order valence-electron chi connectivity index (χ0n) is 10.2. The molecule has 0 atom stereocenters. The summed E-state index contributed by atoms with van der Waals surface area (Å²) in [5.41, 5.74) is 7.74. The predicted octanol–water partition coefficient (Wildman–Crippen LogP) is 1.94. The number of thiazole rings is 1. The van der Waals surface area contributed by atoms with E-state index in [9.17, 15) is 0 Å². The summed E-state index contributed by atoms with van der Waals surface area (Å²) in [6.45, 7) is 2.59. The summed E-state index contributed by atoms with van der Waals surface area (Å²) in [4.78, 5) is 10.5. The molecule has 0 radical (unpaired) electrons. The maximum atomic E-state index is 8.93. The van der Waals surface area contributed by atoms with Gasteiger partial charge in [-0.3, -0.25) is 0 Å². The van der Waals surface area contributed by atoms with Gasteiger partial charge in [-0.15, -0.1) is 11.3 Å². The number of nitrogens with zero attached hydrogens (tertiary/aromatic N) is 4. The standard InChI is InChI=1S/C12H13N5S/c1-8-16-10(7-18-8)6-17(2)12-11(14)9(5-13)3-4-15-12/h3-4,7H,6,14H2,1-2H3. The molecule has 0 spiro atoms. The summed E-state index contributed by atoms with van der Waals surface area (Å²) in [6.07, 6.45) is 1.59. The third kappa shape index (κ3) is 2.41. The number of rotatable bonds is 3. The van der Waals surface area contributed by atoms with E-state index in [1.807, 2.05) is 24.3 Å². The first-order valence-corrected chi connectivity index (χ1v) is 6.26. The number of aryl methyl sites for hydroxylation is 1. The van der Waals surface area contributed by atoms with Crippen LogP contribution in [0.25, 0.3) is 0 Å². The summed E-state index contributed by atoms with van der Waals surface area (Å²) in [6, 6.07) is 3.66. The van der Waals surface area contributed by atoms with Crippen molar-refractivity contribution in [1.82, 2.24) is 9.97 Å². The molecule has 0 saturated heterocycles. The third-order valence-electron chi connectivity index (χ3n) is 2.52. The zero-order valence-corrected chi connectivity index (χ0v) is 11.0. The zero-order chi connectivity index (χ0) is 13.1. The number of anilines is 2. The van der Waals surface area contributed by atoms with E-state index in [1.165, 1.54) is 0 Å². The second-order valence-electron chi connectivity index (χ2n) is 3.92. The lowest BCUT2D eigenvalue weighted by molar-refractivity contribution is 0.872. The molecule has 0 bridgehead atoms. The molecule has 2 rings (SSSR count). The van der Waals surface area contributed by atoms with Gasteiger partial charge in [0.15, 0.2) is 5.82 Å². The fourth-order valence-corrected chi connectivity index (χ4v) is 2.27. The molecular weight excluding hydrogens is 246 g/mol. The number of nitriles is 1. The molecule has 0 aliphatic carbocycles. The number of pyridine rings is 1. The van der Waals surface area contributed by atoms with E-state index in [2.05, 4.69) is 16.0 Å². The van der Waals surface area contributed by atoms with Crippen LogP contribution in [0.5, 0.6) is 0 Å². The second kappa shape index (κ2) is 5.02. The van der Waals surface area contributed by atoms with Crippen LogP contribution in [0.15, 0.2) is 17.6 Å². The lowest BCUT2D eigenvalue weighted by Gasteiger charge is -2.18. The molecule has 0 amide bonds. The first-order chi connectivity index (χ1) is 8.61. The minimum Gasteiger partial charge on any atom is -0.395 e. The molecule has 0 aliphatic heterocycles. The average Bonchev–Trinajstić information content (AvgIpc) is 2.75. The van der Waals surface area contributed by atoms with Crippen molar-refractivity contribution < 1.29 is 0 Å². The van der Waals surface area contributed by atoms with E-state index in [-0.39, 0.29) is 0 Å². The van der Waals surface area contributed by atoms with Crippen LogP contribution >= 0.6 is 11.3 Å². The van der Waals surface area contributed by atoms with Crippen LogP contribution in [0.1, 0.15) is 16.3 Å². The summed E-state index contributed by atoms with van der Waals surface area (Å²) in [7, 11) is 1.88. The van der Waals surface area contributed by atoms with Gasteiger partial charge in [0.25, 0.3) is 0 Å². The number of hydrogen-bond donors (Lipinski definition) is 1. The van der Waals surface area contributed by atoms with Gasteiger partial charge in [-0.1, -0.05) is 0 Å². The summed E-state index contributed by atoms with van der Waals surface area (Å²) < 4.78 is 0. The van der Waals surface area contributed by atoms with E-state index in [0.717, 1.165) is 10.7 Å². The molecule has 0 aromatic carbocycles. The molecule has 18 heavy (non-hydrogen) atoms. The minimum absolute atomic E-state index is 0.412. The first kappa shape index (κ1) is 12.3. The van der Waals surface area contributed by atoms with Gasteiger partial charge < -0.3 is 10.6 Å². The predicted molar refractivity (Wildman–Crippen MR) is 72.3 cm³/mol. The molecule has 92 valence electrons. The van der Waals surface area contributed by atoms with Gasteiger partial charge in [-0.05, 0) is 13.0 Å². The van der Waals surface area contributed by atoms with Crippen LogP contribution in [-0.4, -0.2) is 17.0 Å². The van der Waals surface area contributed by atoms with Gasteiger partial charge in [0.1, 0.15) is 6.07 Å². The van der Waals surface area contributed by atoms with E-state index < -0.39 is 0 Å². The highest BCUT2D eigenvalue weighted by molar-refractivity contribution is 7.09. The Kier molecular flexibility index (Phi) is 3.44. The fraction of sp³-hybridized carbons (Fsp3) is 0.250. The summed E-state index contributed by atoms with van der Waals surface area (Å²) in [5, 5.41) is 12.0. The molecule has 2 heterocycles. The van der Waals surface area contributed by atoms with Crippen LogP contribution in [0.3, 0.4) is 0 Å². The normalized spacial score (nSPS) is 10.1. The molecule has 0 fully saturated rings. The van der Waals surface area contributed by atoms with Crippen LogP contribution in [-0.2, 0) is 6.54 Å². The van der Waals surface area contributed by atoms with Crippen molar-refractivity contribution >= 4 is 22.8 Å². The van der Waals surface area contributed by atoms with Gasteiger partial charge in [-0.2, -0.15) is 5.26 Å². The van der Waals surface area contributed by atoms with Gasteiger partial charge in [0.05, 0.1) is 28.5 Å². The Morgan fingerprint density at radius 1 is 1.56 bits per heavy atom. The van der Waals surface area contributed by atoms with Crippen LogP contribution in [0.4, 0.5) is 11.5 Å². The lowest BCUT2D eigenvalue weighted by atomic mass is 10.2. The largest absolute Gasteiger partial charge is 0.395 e. The van der Waals surface area contributed by atoms with Crippen molar-refractivity contribution in [2.24, 2.45) is 0 Å². The summed E-state index contributed by atoms with van der Waals surface area (Å²) in [5.74, 6) is 0.611. The SMILES string of the molecule is Cc1nc(CN(C)c2nccc(C#N)c2N)cs1. The van der Waals surface area contributed by atoms with Crippen molar-refractivity contribution in [2.45, 2.75) is 13.5 Å². The Hall–Kier alpha value is -2.13. The molecular formula is C12H13N5S. The number of aromatic nitrogens is 2. The smallest absolute Gasteiger partial charge is 0.153 e. The highest BCUT2D eigenvalue weighted by atomic mass is 32.1. The maximum Gasteiger partial charge on any atom is 0.153 e. The van der Waals surface area contributed by atoms with Crippen LogP contribution < -0.4 is 10.6 Å². The average molecular weight is 259 g/mol. The van der Waals surface area contributed by atoms with E-state index in [0.29, 0.717) is 23.6 Å². The Morgan fingerprint density at radius 2 is 2.33 bits per heavy atom. The third-order valence-corrected chi connectivity index (χ3v) is 3.34. The minimum atomic E-state index is 0.412. The molecule has 5 nitrogen and oxygen atoms in total. The van der Waals surface area contributed by atoms with Gasteiger partial charge in [0.2, 0.25) is 0 Å². The summed E-state index contributed by atoms with van der Waals surface area (Å²) >= 11 is 1.61. The highest BCUT2D eigenvalue weighted by Gasteiger charge is 2.12. The quantitative estimate of drug-likeness (QED) is 0.911. The Morgan fingerprint density at radius 3 is 2.94 bits per heavy atom. The molecule has 2 N–H and O–H groups in total. The Balaban J connectivity index is 2.24. The Bertz CT molecular complexity index is 599. The van der Waals surface area contributed by atoms with Crippen molar-refractivity contribution in [2.75, 3.05) is 17.7 Å². The monoisotopic (exact) mass is 259 g/mol. The van der Waals surface area contributed by atoms with Crippen molar-refractivity contribution in [3.8, 4) is 6.07 Å². The second-order valence-corrected chi connectivity index (χ2v) is 4.98. The molecule has 0 saturated carbocycles. The number of nitrogen functional groups attached to an aromatic ring is 1. The van der Waals surface area contributed by atoms with Gasteiger partial charge >= 0.3 is 0 Å². The molecule has 6 heteroatoms. The lowest BCUT2D eigenvalue weighted by Crippen LogP contribution is -2.19. The van der Waals surface area contributed by atoms with Crippen molar-refractivity contribution in [3.05, 3.63) is 33.9 Å². The molecule has 2 aromatic heterocycles. The molecule has 0 unspecified atom stereocenters. The highest BCUT2D eigenvalue weighted by Crippen LogP contribution is 2.23. The van der Waals surface area contributed by atoms with Crippen LogP contribution in [0.2, 0.25) is 0 Å². The molecule has 0 aliphatic rings. The van der Waals surface area contributed by atoms with E-state index in [1.54, 1.807) is 23.6 Å². The maximum absolute atomic E-state index is 8.93. The fourth-order valence-electron chi connectivity index (χ4n) is 1.66. The molecule has 2 aromatic rings. The van der Waals surface area contributed by atoms with Gasteiger partial charge in [0, 0.05) is 18.6 Å². The number of hydrogen-bond acceptors (Lipinski definition) is 6. The topological polar surface area (TPSA) is 78.8 Å². The van der Waals surface area contributed by atoms with Gasteiger partial charge in [-0.25, -0.2) is 9.97 Å². The van der Waals surface area contributed by atoms with Crippen molar-refractivity contribution in [3.63, 3.8) is 0 Å². The van der Waals surface area contributed by atoms with E-state index >= 15 is 0 Å². The number of nitrogens with two attached hydrogens (primary N) is 1. The Labute approximate surface area is 110 Å². The van der Waals surface area contributed by atoms with E-state index in [4.69, 9.17) is 11.0 Å².